The Labute approximate surface area is 128 Å². The highest BCUT2D eigenvalue weighted by atomic mass is 16.1. The van der Waals surface area contributed by atoms with Crippen molar-refractivity contribution < 1.29 is 4.79 Å². The molecule has 0 spiro atoms. The number of carbonyl (C=O) groups is 1. The van der Waals surface area contributed by atoms with Gasteiger partial charge in [0.15, 0.2) is 0 Å². The Kier molecular flexibility index (Phi) is 5.04. The number of amides is 1. The summed E-state index contributed by atoms with van der Waals surface area (Å²) in [6.07, 6.45) is 3.93. The molecule has 0 aliphatic heterocycles. The monoisotopic (exact) mass is 288 g/mol. The lowest BCUT2D eigenvalue weighted by molar-refractivity contribution is -0.126. The first-order chi connectivity index (χ1) is 9.88. The zero-order valence-electron chi connectivity index (χ0n) is 13.5. The third-order valence-electron chi connectivity index (χ3n) is 4.62. The van der Waals surface area contributed by atoms with Gasteiger partial charge in [-0.3, -0.25) is 4.79 Å². The largest absolute Gasteiger partial charge is 0.355 e. The number of carbonyl (C=O) groups excluding carboxylic acids is 1. The highest BCUT2D eigenvalue weighted by Crippen LogP contribution is 2.25. The second kappa shape index (κ2) is 6.61. The normalized spacial score (nSPS) is 22.9. The van der Waals surface area contributed by atoms with Crippen LogP contribution in [0.2, 0.25) is 0 Å². The van der Waals surface area contributed by atoms with Crippen molar-refractivity contribution in [1.29, 1.82) is 0 Å². The van der Waals surface area contributed by atoms with Crippen LogP contribution in [-0.4, -0.2) is 18.5 Å². The molecule has 1 aliphatic carbocycles. The van der Waals surface area contributed by atoms with E-state index in [9.17, 15) is 4.79 Å². The summed E-state index contributed by atoms with van der Waals surface area (Å²) in [4.78, 5) is 12.3. The predicted molar refractivity (Wildman–Crippen MR) is 87.1 cm³/mol. The molecule has 2 atom stereocenters. The van der Waals surface area contributed by atoms with Crippen LogP contribution in [0.25, 0.3) is 0 Å². The van der Waals surface area contributed by atoms with Crippen LogP contribution in [0.3, 0.4) is 0 Å². The summed E-state index contributed by atoms with van der Waals surface area (Å²) in [6, 6.07) is 8.74. The molecule has 116 valence electrons. The van der Waals surface area contributed by atoms with Crippen molar-refractivity contribution in [3.8, 4) is 0 Å². The Balaban J connectivity index is 1.91. The number of nitrogens with two attached hydrogens (primary N) is 1. The maximum absolute atomic E-state index is 12.3. The lowest BCUT2D eigenvalue weighted by Gasteiger charge is -2.29. The van der Waals surface area contributed by atoms with E-state index in [4.69, 9.17) is 5.73 Å². The summed E-state index contributed by atoms with van der Waals surface area (Å²) in [7, 11) is 0. The van der Waals surface area contributed by atoms with Gasteiger partial charge in [-0.15, -0.1) is 0 Å². The molecule has 3 heteroatoms. The van der Waals surface area contributed by atoms with Gasteiger partial charge < -0.3 is 11.1 Å². The van der Waals surface area contributed by atoms with Crippen molar-refractivity contribution in [1.82, 2.24) is 5.32 Å². The van der Waals surface area contributed by atoms with Crippen molar-refractivity contribution in [2.45, 2.75) is 57.9 Å². The number of nitrogens with one attached hydrogen (secondary N) is 1. The number of benzene rings is 1. The van der Waals surface area contributed by atoms with Crippen LogP contribution >= 0.6 is 0 Å². The van der Waals surface area contributed by atoms with Gasteiger partial charge in [-0.1, -0.05) is 50.1 Å². The standard InChI is InChI=1S/C18H28N2O/c1-13-7-9-15(10-8-13)18(2,3)12-20-17(21)14-5-4-6-16(19)11-14/h7-10,14,16H,4-6,11-12,19H2,1-3H3,(H,20,21). The third kappa shape index (κ3) is 4.31. The predicted octanol–water partition coefficient (Wildman–Crippen LogP) is 2.91. The second-order valence-corrected chi connectivity index (χ2v) is 7.09. The van der Waals surface area contributed by atoms with E-state index in [-0.39, 0.29) is 23.3 Å². The lowest BCUT2D eigenvalue weighted by atomic mass is 9.83. The molecule has 3 N–H and O–H groups in total. The van der Waals surface area contributed by atoms with Crippen LogP contribution in [-0.2, 0) is 10.2 Å². The first kappa shape index (κ1) is 16.0. The van der Waals surface area contributed by atoms with Gasteiger partial charge >= 0.3 is 0 Å². The SMILES string of the molecule is Cc1ccc(C(C)(C)CNC(=O)C2CCCC(N)C2)cc1. The molecule has 1 aliphatic rings. The molecule has 3 nitrogen and oxygen atoms in total. The Morgan fingerprint density at radius 2 is 1.95 bits per heavy atom. The van der Waals surface area contributed by atoms with Gasteiger partial charge in [-0.25, -0.2) is 0 Å². The van der Waals surface area contributed by atoms with E-state index in [0.717, 1.165) is 25.7 Å². The minimum absolute atomic E-state index is 0.0554. The van der Waals surface area contributed by atoms with E-state index in [0.29, 0.717) is 6.54 Å². The molecule has 1 aromatic carbocycles. The second-order valence-electron chi connectivity index (χ2n) is 7.09. The highest BCUT2D eigenvalue weighted by Gasteiger charge is 2.27. The number of aryl methyl sites for hydroxylation is 1. The molecular weight excluding hydrogens is 260 g/mol. The lowest BCUT2D eigenvalue weighted by Crippen LogP contribution is -2.42. The van der Waals surface area contributed by atoms with E-state index < -0.39 is 0 Å². The summed E-state index contributed by atoms with van der Waals surface area (Å²) in [5.74, 6) is 0.271. The molecule has 1 aromatic rings. The molecule has 0 heterocycles. The highest BCUT2D eigenvalue weighted by molar-refractivity contribution is 5.78. The topological polar surface area (TPSA) is 55.1 Å². The fraction of sp³-hybridized carbons (Fsp3) is 0.611. The van der Waals surface area contributed by atoms with Crippen LogP contribution in [0, 0.1) is 12.8 Å². The maximum Gasteiger partial charge on any atom is 0.223 e. The van der Waals surface area contributed by atoms with Crippen LogP contribution in [0.1, 0.15) is 50.7 Å². The van der Waals surface area contributed by atoms with Crippen molar-refractivity contribution in [3.63, 3.8) is 0 Å². The van der Waals surface area contributed by atoms with Crippen LogP contribution in [0.15, 0.2) is 24.3 Å². The fourth-order valence-electron chi connectivity index (χ4n) is 3.02. The molecule has 1 fully saturated rings. The van der Waals surface area contributed by atoms with Gasteiger partial charge in [0, 0.05) is 23.9 Å². The van der Waals surface area contributed by atoms with Gasteiger partial charge in [0.2, 0.25) is 5.91 Å². The maximum atomic E-state index is 12.3. The Bertz CT molecular complexity index is 478. The molecule has 1 saturated carbocycles. The number of hydrogen-bond acceptors (Lipinski definition) is 2. The van der Waals surface area contributed by atoms with Crippen LogP contribution in [0.4, 0.5) is 0 Å². The van der Waals surface area contributed by atoms with Crippen molar-refractivity contribution in [2.75, 3.05) is 6.54 Å². The van der Waals surface area contributed by atoms with Gasteiger partial charge in [0.1, 0.15) is 0 Å². The molecule has 2 rings (SSSR count). The zero-order chi connectivity index (χ0) is 15.5. The Hall–Kier alpha value is -1.35. The molecule has 0 bridgehead atoms. The van der Waals surface area contributed by atoms with Gasteiger partial charge in [0.25, 0.3) is 0 Å². The van der Waals surface area contributed by atoms with E-state index >= 15 is 0 Å². The van der Waals surface area contributed by atoms with Crippen molar-refractivity contribution >= 4 is 5.91 Å². The van der Waals surface area contributed by atoms with Crippen LogP contribution < -0.4 is 11.1 Å². The average molecular weight is 288 g/mol. The smallest absolute Gasteiger partial charge is 0.223 e. The summed E-state index contributed by atoms with van der Waals surface area (Å²) < 4.78 is 0. The minimum Gasteiger partial charge on any atom is -0.355 e. The van der Waals surface area contributed by atoms with E-state index in [1.165, 1.54) is 11.1 Å². The summed E-state index contributed by atoms with van der Waals surface area (Å²) in [5, 5.41) is 3.13. The van der Waals surface area contributed by atoms with E-state index in [1.807, 2.05) is 0 Å². The summed E-state index contributed by atoms with van der Waals surface area (Å²) >= 11 is 0. The Morgan fingerprint density at radius 3 is 2.57 bits per heavy atom. The molecule has 0 aromatic heterocycles. The molecular formula is C18H28N2O. The third-order valence-corrected chi connectivity index (χ3v) is 4.62. The molecule has 0 radical (unpaired) electrons. The molecule has 1 amide bonds. The van der Waals surface area contributed by atoms with E-state index in [1.54, 1.807) is 0 Å². The zero-order valence-corrected chi connectivity index (χ0v) is 13.5. The molecule has 2 unspecified atom stereocenters. The minimum atomic E-state index is -0.0554. The van der Waals surface area contributed by atoms with Gasteiger partial charge in [-0.05, 0) is 31.7 Å². The molecule has 21 heavy (non-hydrogen) atoms. The first-order valence-electron chi connectivity index (χ1n) is 7.99. The fourth-order valence-corrected chi connectivity index (χ4v) is 3.02. The van der Waals surface area contributed by atoms with Crippen molar-refractivity contribution in [2.24, 2.45) is 11.7 Å². The summed E-state index contributed by atoms with van der Waals surface area (Å²) in [5.41, 5.74) is 8.43. The first-order valence-corrected chi connectivity index (χ1v) is 7.99. The molecule has 0 saturated heterocycles. The van der Waals surface area contributed by atoms with Gasteiger partial charge in [0.05, 0.1) is 0 Å². The van der Waals surface area contributed by atoms with E-state index in [2.05, 4.69) is 50.4 Å². The quantitative estimate of drug-likeness (QED) is 0.895. The van der Waals surface area contributed by atoms with Crippen molar-refractivity contribution in [3.05, 3.63) is 35.4 Å². The van der Waals surface area contributed by atoms with Crippen LogP contribution in [0.5, 0.6) is 0 Å². The summed E-state index contributed by atoms with van der Waals surface area (Å²) in [6.45, 7) is 7.10. The average Bonchev–Trinajstić information content (AvgIpc) is 2.45. The Morgan fingerprint density at radius 1 is 1.29 bits per heavy atom. The van der Waals surface area contributed by atoms with Gasteiger partial charge in [-0.2, -0.15) is 0 Å². The number of rotatable bonds is 4. The number of hydrogen-bond donors (Lipinski definition) is 2.